The van der Waals surface area contributed by atoms with Gasteiger partial charge in [0.25, 0.3) is 0 Å². The molecule has 5 heteroatoms. The normalized spacial score (nSPS) is 12.5. The Labute approximate surface area is 106 Å². The zero-order valence-electron chi connectivity index (χ0n) is 10.7. The van der Waals surface area contributed by atoms with Gasteiger partial charge in [-0.25, -0.2) is 4.39 Å². The van der Waals surface area contributed by atoms with Gasteiger partial charge in [0, 0.05) is 5.41 Å². The molecule has 3 N–H and O–H groups in total. The molecule has 0 saturated heterocycles. The number of oxime groups is 1. The number of nitrogens with zero attached hydrogens (tertiary/aromatic N) is 1. The molecule has 100 valence electrons. The van der Waals surface area contributed by atoms with E-state index < -0.39 is 5.41 Å². The Balaban J connectivity index is 2.38. The van der Waals surface area contributed by atoms with Gasteiger partial charge in [-0.2, -0.15) is 0 Å². The molecule has 0 unspecified atom stereocenters. The van der Waals surface area contributed by atoms with Crippen LogP contribution in [0.4, 0.5) is 4.39 Å². The predicted octanol–water partition coefficient (Wildman–Crippen LogP) is 2.76. The molecule has 0 radical (unpaired) electrons. The maximum absolute atomic E-state index is 13.2. The molecular weight excluding hydrogens is 235 g/mol. The SMILES string of the molecule is CC(C)(CCCOc1ccccc1F)C(N)=NO. The van der Waals surface area contributed by atoms with E-state index in [0.717, 1.165) is 0 Å². The van der Waals surface area contributed by atoms with Gasteiger partial charge >= 0.3 is 0 Å². The lowest BCUT2D eigenvalue weighted by atomic mass is 9.87. The summed E-state index contributed by atoms with van der Waals surface area (Å²) in [4.78, 5) is 0. The van der Waals surface area contributed by atoms with Crippen LogP contribution in [-0.4, -0.2) is 17.6 Å². The Hall–Kier alpha value is -1.78. The van der Waals surface area contributed by atoms with Crippen molar-refractivity contribution in [1.29, 1.82) is 0 Å². The van der Waals surface area contributed by atoms with Crippen molar-refractivity contribution in [2.45, 2.75) is 26.7 Å². The van der Waals surface area contributed by atoms with Crippen molar-refractivity contribution in [2.75, 3.05) is 6.61 Å². The minimum Gasteiger partial charge on any atom is -0.491 e. The molecule has 1 aromatic rings. The summed E-state index contributed by atoms with van der Waals surface area (Å²) >= 11 is 0. The van der Waals surface area contributed by atoms with Crippen LogP contribution in [0, 0.1) is 11.2 Å². The van der Waals surface area contributed by atoms with Gasteiger partial charge in [-0.05, 0) is 25.0 Å². The molecule has 0 heterocycles. The molecule has 18 heavy (non-hydrogen) atoms. The van der Waals surface area contributed by atoms with Crippen molar-refractivity contribution < 1.29 is 14.3 Å². The third-order valence-corrected chi connectivity index (χ3v) is 2.84. The van der Waals surface area contributed by atoms with E-state index in [-0.39, 0.29) is 17.4 Å². The number of hydrogen-bond acceptors (Lipinski definition) is 3. The zero-order chi connectivity index (χ0) is 13.6. The molecule has 0 aliphatic rings. The van der Waals surface area contributed by atoms with Crippen LogP contribution in [0.1, 0.15) is 26.7 Å². The molecule has 4 nitrogen and oxygen atoms in total. The molecule has 0 aliphatic carbocycles. The lowest BCUT2D eigenvalue weighted by Gasteiger charge is -2.22. The highest BCUT2D eigenvalue weighted by molar-refractivity contribution is 5.85. The summed E-state index contributed by atoms with van der Waals surface area (Å²) in [6.45, 7) is 4.15. The fourth-order valence-corrected chi connectivity index (χ4v) is 1.52. The standard InChI is InChI=1S/C13H19FN2O2/c1-13(2,12(15)16-17)8-5-9-18-11-7-4-3-6-10(11)14/h3-4,6-7,17H,5,8-9H2,1-2H3,(H2,15,16). The molecule has 0 aromatic heterocycles. The number of para-hydroxylation sites is 1. The van der Waals surface area contributed by atoms with Crippen LogP contribution in [0.3, 0.4) is 0 Å². The Morgan fingerprint density at radius 2 is 2.11 bits per heavy atom. The lowest BCUT2D eigenvalue weighted by Crippen LogP contribution is -2.32. The van der Waals surface area contributed by atoms with Crippen molar-refractivity contribution in [3.8, 4) is 5.75 Å². The second-order valence-electron chi connectivity index (χ2n) is 4.75. The number of amidine groups is 1. The molecular formula is C13H19FN2O2. The summed E-state index contributed by atoms with van der Waals surface area (Å²) in [6.07, 6.45) is 1.38. The smallest absolute Gasteiger partial charge is 0.165 e. The van der Waals surface area contributed by atoms with Gasteiger partial charge in [0.1, 0.15) is 5.84 Å². The van der Waals surface area contributed by atoms with Gasteiger partial charge in [-0.1, -0.05) is 31.1 Å². The van der Waals surface area contributed by atoms with Crippen LogP contribution in [0.15, 0.2) is 29.4 Å². The summed E-state index contributed by atoms with van der Waals surface area (Å²) in [6, 6.07) is 6.28. The Morgan fingerprint density at radius 3 is 2.72 bits per heavy atom. The first kappa shape index (κ1) is 14.3. The van der Waals surface area contributed by atoms with Gasteiger partial charge in [-0.15, -0.1) is 0 Å². The fraction of sp³-hybridized carbons (Fsp3) is 0.462. The molecule has 0 spiro atoms. The number of nitrogens with two attached hydrogens (primary N) is 1. The molecule has 0 saturated carbocycles. The first-order valence-electron chi connectivity index (χ1n) is 5.82. The van der Waals surface area contributed by atoms with E-state index in [9.17, 15) is 4.39 Å². The van der Waals surface area contributed by atoms with E-state index in [1.54, 1.807) is 18.2 Å². The van der Waals surface area contributed by atoms with Gasteiger partial charge in [0.05, 0.1) is 6.61 Å². The van der Waals surface area contributed by atoms with Crippen molar-refractivity contribution >= 4 is 5.84 Å². The molecule has 1 aromatic carbocycles. The first-order valence-corrected chi connectivity index (χ1v) is 5.82. The van der Waals surface area contributed by atoms with Crippen LogP contribution in [0.2, 0.25) is 0 Å². The average molecular weight is 254 g/mol. The lowest BCUT2D eigenvalue weighted by molar-refractivity contribution is 0.269. The maximum Gasteiger partial charge on any atom is 0.165 e. The number of hydrogen-bond donors (Lipinski definition) is 2. The van der Waals surface area contributed by atoms with Crippen LogP contribution in [0.5, 0.6) is 5.75 Å². The van der Waals surface area contributed by atoms with Crippen LogP contribution in [0.25, 0.3) is 0 Å². The summed E-state index contributed by atoms with van der Waals surface area (Å²) in [5, 5.41) is 11.6. The quantitative estimate of drug-likeness (QED) is 0.270. The topological polar surface area (TPSA) is 67.8 Å². The van der Waals surface area contributed by atoms with E-state index in [1.165, 1.54) is 6.07 Å². The van der Waals surface area contributed by atoms with Gasteiger partial charge in [0.2, 0.25) is 0 Å². The monoisotopic (exact) mass is 254 g/mol. The summed E-state index contributed by atoms with van der Waals surface area (Å²) in [5.41, 5.74) is 5.17. The summed E-state index contributed by atoms with van der Waals surface area (Å²) < 4.78 is 18.6. The number of ether oxygens (including phenoxy) is 1. The Morgan fingerprint density at radius 1 is 1.44 bits per heavy atom. The fourth-order valence-electron chi connectivity index (χ4n) is 1.52. The third kappa shape index (κ3) is 3.91. The summed E-state index contributed by atoms with van der Waals surface area (Å²) in [7, 11) is 0. The van der Waals surface area contributed by atoms with Crippen LogP contribution >= 0.6 is 0 Å². The number of benzene rings is 1. The largest absolute Gasteiger partial charge is 0.491 e. The second kappa shape index (κ2) is 6.23. The Kier molecular flexibility index (Phi) is 4.95. The molecule has 0 amide bonds. The molecule has 0 bridgehead atoms. The predicted molar refractivity (Wildman–Crippen MR) is 68.3 cm³/mol. The van der Waals surface area contributed by atoms with E-state index in [4.69, 9.17) is 15.7 Å². The van der Waals surface area contributed by atoms with Gasteiger partial charge in [0.15, 0.2) is 11.6 Å². The zero-order valence-corrected chi connectivity index (χ0v) is 10.7. The highest BCUT2D eigenvalue weighted by atomic mass is 19.1. The third-order valence-electron chi connectivity index (χ3n) is 2.84. The van der Waals surface area contributed by atoms with Crippen LogP contribution < -0.4 is 10.5 Å². The van der Waals surface area contributed by atoms with Crippen molar-refractivity contribution in [3.63, 3.8) is 0 Å². The first-order chi connectivity index (χ1) is 8.47. The molecule has 1 rings (SSSR count). The minimum atomic E-state index is -0.395. The maximum atomic E-state index is 13.2. The van der Waals surface area contributed by atoms with E-state index in [1.807, 2.05) is 13.8 Å². The van der Waals surface area contributed by atoms with E-state index in [2.05, 4.69) is 5.16 Å². The van der Waals surface area contributed by atoms with Gasteiger partial charge in [-0.3, -0.25) is 0 Å². The van der Waals surface area contributed by atoms with Gasteiger partial charge < -0.3 is 15.7 Å². The van der Waals surface area contributed by atoms with E-state index in [0.29, 0.717) is 19.4 Å². The second-order valence-corrected chi connectivity index (χ2v) is 4.75. The van der Waals surface area contributed by atoms with Crippen molar-refractivity contribution in [3.05, 3.63) is 30.1 Å². The highest BCUT2D eigenvalue weighted by Gasteiger charge is 2.22. The summed E-state index contributed by atoms with van der Waals surface area (Å²) in [5.74, 6) is 0.0701. The Bertz CT molecular complexity index is 419. The minimum absolute atomic E-state index is 0.188. The number of rotatable bonds is 6. The van der Waals surface area contributed by atoms with Crippen LogP contribution in [-0.2, 0) is 0 Å². The molecule has 0 fully saturated rings. The molecule has 0 atom stereocenters. The van der Waals surface area contributed by atoms with Crippen molar-refractivity contribution in [2.24, 2.45) is 16.3 Å². The van der Waals surface area contributed by atoms with Crippen molar-refractivity contribution in [1.82, 2.24) is 0 Å². The molecule has 0 aliphatic heterocycles. The number of halogens is 1. The highest BCUT2D eigenvalue weighted by Crippen LogP contribution is 2.23. The average Bonchev–Trinajstić information content (AvgIpc) is 2.35. The van der Waals surface area contributed by atoms with E-state index >= 15 is 0 Å².